The fourth-order valence-corrected chi connectivity index (χ4v) is 5.36. The molecule has 0 spiro atoms. The summed E-state index contributed by atoms with van der Waals surface area (Å²) in [6, 6.07) is 13.7. The number of benzene rings is 1. The second-order valence-corrected chi connectivity index (χ2v) is 9.85. The van der Waals surface area contributed by atoms with Crippen LogP contribution in [0.15, 0.2) is 58.4 Å². The molecule has 6 nitrogen and oxygen atoms in total. The topological polar surface area (TPSA) is 79.8 Å². The Kier molecular flexibility index (Phi) is 6.38. The average molecular weight is 442 g/mol. The van der Waals surface area contributed by atoms with Crippen LogP contribution in [0.3, 0.4) is 0 Å². The van der Waals surface area contributed by atoms with E-state index in [0.29, 0.717) is 0 Å². The van der Waals surface area contributed by atoms with E-state index in [-0.39, 0.29) is 11.2 Å². The Hall–Kier alpha value is -2.49. The van der Waals surface area contributed by atoms with Crippen LogP contribution in [0.25, 0.3) is 10.9 Å². The molecule has 148 valence electrons. The lowest BCUT2D eigenvalue weighted by molar-refractivity contribution is -0.115. The van der Waals surface area contributed by atoms with E-state index in [0.717, 1.165) is 39.0 Å². The maximum Gasteiger partial charge on any atom is 0.237 e. The maximum absolute atomic E-state index is 12.7. The van der Waals surface area contributed by atoms with Gasteiger partial charge in [0.05, 0.1) is 16.5 Å². The first-order valence-electron chi connectivity index (χ1n) is 9.10. The number of amides is 1. The Labute approximate surface area is 180 Å². The Morgan fingerprint density at radius 1 is 1.17 bits per heavy atom. The van der Waals surface area contributed by atoms with Crippen molar-refractivity contribution < 1.29 is 4.79 Å². The number of thiophene rings is 1. The van der Waals surface area contributed by atoms with Gasteiger partial charge in [0.2, 0.25) is 11.0 Å². The highest BCUT2D eigenvalue weighted by atomic mass is 32.2. The summed E-state index contributed by atoms with van der Waals surface area (Å²) in [5, 5.41) is 18.1. The van der Waals surface area contributed by atoms with Gasteiger partial charge >= 0.3 is 0 Å². The van der Waals surface area contributed by atoms with Crippen LogP contribution in [0.5, 0.6) is 0 Å². The van der Waals surface area contributed by atoms with Crippen molar-refractivity contribution in [2.45, 2.75) is 22.9 Å². The summed E-state index contributed by atoms with van der Waals surface area (Å²) < 4.78 is 0.769. The minimum absolute atomic E-state index is 0.0752. The van der Waals surface area contributed by atoms with Gasteiger partial charge in [-0.15, -0.1) is 21.5 Å². The lowest BCUT2D eigenvalue weighted by Crippen LogP contribution is -2.22. The summed E-state index contributed by atoms with van der Waals surface area (Å²) in [6.07, 6.45) is 2.70. The first-order chi connectivity index (χ1) is 14.2. The zero-order valence-electron chi connectivity index (χ0n) is 15.7. The van der Waals surface area contributed by atoms with E-state index < -0.39 is 0 Å². The minimum atomic E-state index is -0.297. The van der Waals surface area contributed by atoms with Crippen LogP contribution in [-0.4, -0.2) is 32.9 Å². The molecule has 0 saturated heterocycles. The Morgan fingerprint density at radius 2 is 2.10 bits per heavy atom. The largest absolute Gasteiger partial charge is 0.360 e. The van der Waals surface area contributed by atoms with Crippen LogP contribution < -0.4 is 10.6 Å². The molecule has 0 aliphatic heterocycles. The number of carbonyl (C=O) groups excluding carboxylic acids is 1. The van der Waals surface area contributed by atoms with Gasteiger partial charge in [0.1, 0.15) is 0 Å². The van der Waals surface area contributed by atoms with Gasteiger partial charge in [0.15, 0.2) is 4.34 Å². The monoisotopic (exact) mass is 441 g/mol. The van der Waals surface area contributed by atoms with E-state index in [1.165, 1.54) is 28.0 Å². The van der Waals surface area contributed by atoms with Crippen molar-refractivity contribution in [1.82, 2.24) is 15.2 Å². The lowest BCUT2D eigenvalue weighted by atomic mass is 10.2. The number of thioether (sulfide) groups is 1. The van der Waals surface area contributed by atoms with E-state index in [2.05, 4.69) is 43.3 Å². The molecule has 0 bridgehead atoms. The van der Waals surface area contributed by atoms with Crippen molar-refractivity contribution in [2.24, 2.45) is 0 Å². The highest BCUT2D eigenvalue weighted by Gasteiger charge is 2.18. The molecule has 0 aliphatic carbocycles. The normalized spacial score (nSPS) is 12.0. The highest BCUT2D eigenvalue weighted by molar-refractivity contribution is 8.02. The summed E-state index contributed by atoms with van der Waals surface area (Å²) in [7, 11) is 0. The van der Waals surface area contributed by atoms with Crippen LogP contribution in [0.2, 0.25) is 0 Å². The number of hydrogen-bond donors (Lipinski definition) is 2. The quantitative estimate of drug-likeness (QED) is 0.378. The molecule has 0 saturated carbocycles. The Morgan fingerprint density at radius 3 is 2.97 bits per heavy atom. The number of aromatic nitrogens is 3. The molecule has 1 amide bonds. The van der Waals surface area contributed by atoms with Crippen molar-refractivity contribution in [3.63, 3.8) is 0 Å². The van der Waals surface area contributed by atoms with Crippen LogP contribution in [-0.2, 0) is 11.2 Å². The summed E-state index contributed by atoms with van der Waals surface area (Å²) in [5.74, 6) is -0.0752. The molecule has 2 N–H and O–H groups in total. The van der Waals surface area contributed by atoms with E-state index in [1.807, 2.05) is 37.3 Å². The van der Waals surface area contributed by atoms with E-state index in [1.54, 1.807) is 17.5 Å². The molecule has 0 fully saturated rings. The first kappa shape index (κ1) is 19.8. The van der Waals surface area contributed by atoms with Gasteiger partial charge < -0.3 is 10.6 Å². The van der Waals surface area contributed by atoms with Gasteiger partial charge in [0.25, 0.3) is 0 Å². The fourth-order valence-electron chi connectivity index (χ4n) is 2.73. The van der Waals surface area contributed by atoms with Crippen molar-refractivity contribution in [1.29, 1.82) is 0 Å². The number of nitrogens with one attached hydrogen (secondary N) is 2. The third-order valence-corrected chi connectivity index (χ3v) is 7.19. The second kappa shape index (κ2) is 9.34. The maximum atomic E-state index is 12.7. The number of hydrogen-bond acceptors (Lipinski definition) is 8. The predicted octanol–water partition coefficient (Wildman–Crippen LogP) is 4.92. The predicted molar refractivity (Wildman–Crippen MR) is 122 cm³/mol. The molecule has 4 aromatic rings. The van der Waals surface area contributed by atoms with Crippen LogP contribution in [0, 0.1) is 0 Å². The molecule has 1 aromatic carbocycles. The summed E-state index contributed by atoms with van der Waals surface area (Å²) in [5.41, 5.74) is 1.62. The van der Waals surface area contributed by atoms with E-state index >= 15 is 0 Å². The molecule has 0 radical (unpaired) electrons. The number of pyridine rings is 1. The number of carbonyl (C=O) groups is 1. The molecule has 4 rings (SSSR count). The molecule has 3 aromatic heterocycles. The molecule has 29 heavy (non-hydrogen) atoms. The van der Waals surface area contributed by atoms with Gasteiger partial charge in [-0.1, -0.05) is 35.2 Å². The zero-order valence-corrected chi connectivity index (χ0v) is 18.1. The minimum Gasteiger partial charge on any atom is -0.360 e. The zero-order chi connectivity index (χ0) is 20.1. The van der Waals surface area contributed by atoms with Gasteiger partial charge in [0, 0.05) is 23.0 Å². The van der Waals surface area contributed by atoms with Crippen LogP contribution >= 0.6 is 34.4 Å². The average Bonchev–Trinajstić information content (AvgIpc) is 3.40. The second-order valence-electron chi connectivity index (χ2n) is 6.25. The summed E-state index contributed by atoms with van der Waals surface area (Å²) in [4.78, 5) is 18.3. The number of nitrogens with zero attached hydrogens (tertiary/aromatic N) is 3. The van der Waals surface area contributed by atoms with Crippen molar-refractivity contribution in [2.75, 3.05) is 17.2 Å². The standard InChI is InChI=1S/C20H19N5OS3/c1-13(18(26)23-17-8-2-7-16-15(17)6-3-10-21-16)28-20-25-24-19(29-20)22-11-9-14-5-4-12-27-14/h2-8,10,12-13H,9,11H2,1H3,(H,22,24)(H,23,26). The van der Waals surface area contributed by atoms with Crippen LogP contribution in [0.4, 0.5) is 10.8 Å². The number of rotatable bonds is 8. The fraction of sp³-hybridized carbons (Fsp3) is 0.200. The van der Waals surface area contributed by atoms with Gasteiger partial charge in [-0.2, -0.15) is 0 Å². The highest BCUT2D eigenvalue weighted by Crippen LogP contribution is 2.30. The Bertz CT molecular complexity index is 1090. The SMILES string of the molecule is CC(Sc1nnc(NCCc2cccs2)s1)C(=O)Nc1cccc2ncccc12. The van der Waals surface area contributed by atoms with Crippen molar-refractivity contribution in [3.05, 3.63) is 58.9 Å². The summed E-state index contributed by atoms with van der Waals surface area (Å²) >= 11 is 4.63. The molecule has 3 heterocycles. The smallest absolute Gasteiger partial charge is 0.237 e. The number of anilines is 2. The third-order valence-electron chi connectivity index (χ3n) is 4.18. The molecular weight excluding hydrogens is 422 g/mol. The van der Waals surface area contributed by atoms with Crippen LogP contribution in [0.1, 0.15) is 11.8 Å². The van der Waals surface area contributed by atoms with Gasteiger partial charge in [-0.25, -0.2) is 0 Å². The molecule has 1 unspecified atom stereocenters. The van der Waals surface area contributed by atoms with Crippen molar-refractivity contribution in [3.8, 4) is 0 Å². The molecular formula is C20H19N5OS3. The van der Waals surface area contributed by atoms with Gasteiger partial charge in [-0.3, -0.25) is 9.78 Å². The van der Waals surface area contributed by atoms with E-state index in [9.17, 15) is 4.79 Å². The first-order valence-corrected chi connectivity index (χ1v) is 11.7. The summed E-state index contributed by atoms with van der Waals surface area (Å²) in [6.45, 7) is 2.68. The molecule has 0 aliphatic rings. The Balaban J connectivity index is 1.32. The lowest BCUT2D eigenvalue weighted by Gasteiger charge is -2.12. The number of fused-ring (bicyclic) bond motifs is 1. The van der Waals surface area contributed by atoms with E-state index in [4.69, 9.17) is 0 Å². The molecule has 1 atom stereocenters. The van der Waals surface area contributed by atoms with Crippen molar-refractivity contribution >= 4 is 62.1 Å². The third kappa shape index (κ3) is 5.11. The molecule has 9 heteroatoms. The van der Waals surface area contributed by atoms with Gasteiger partial charge in [-0.05, 0) is 49.1 Å².